The maximum atomic E-state index is 9.98. The summed E-state index contributed by atoms with van der Waals surface area (Å²) >= 11 is 0. The summed E-state index contributed by atoms with van der Waals surface area (Å²) in [5, 5.41) is 0. The van der Waals surface area contributed by atoms with E-state index >= 15 is 0 Å². The molecule has 17 rings (SSSR count). The molecule has 2 heterocycles. The van der Waals surface area contributed by atoms with Gasteiger partial charge >= 0.3 is 0 Å². The number of rotatable bonds is 5. The minimum absolute atomic E-state index is 0.211. The molecule has 94 heavy (non-hydrogen) atoms. The van der Waals surface area contributed by atoms with Crippen molar-refractivity contribution in [1.29, 1.82) is 0 Å². The Hall–Kier alpha value is -8.85. The molecule has 0 aromatic heterocycles. The molecule has 0 radical (unpaired) electrons. The van der Waals surface area contributed by atoms with Gasteiger partial charge in [0.25, 0.3) is 6.71 Å². The summed E-state index contributed by atoms with van der Waals surface area (Å²) in [6, 6.07) is 74.6. The Morgan fingerprint density at radius 2 is 0.553 bits per heavy atom. The highest BCUT2D eigenvalue weighted by molar-refractivity contribution is 7.01. The van der Waals surface area contributed by atoms with E-state index in [0.717, 1.165) is 50.5 Å². The quantitative estimate of drug-likeness (QED) is 0.159. The Morgan fingerprint density at radius 1 is 0.266 bits per heavy atom. The Balaban J connectivity index is 1.06. The van der Waals surface area contributed by atoms with Crippen molar-refractivity contribution in [2.75, 3.05) is 9.80 Å². The highest BCUT2D eigenvalue weighted by Gasteiger charge is 2.52. The predicted molar refractivity (Wildman–Crippen MR) is 401 cm³/mol. The smallest absolute Gasteiger partial charge is 0.252 e. The van der Waals surface area contributed by atoms with Gasteiger partial charge in [0.2, 0.25) is 6.71 Å². The van der Waals surface area contributed by atoms with Crippen LogP contribution >= 0.6 is 0 Å². The molecule has 0 fully saturated rings. The van der Waals surface area contributed by atoms with Crippen LogP contribution in [0.15, 0.2) is 230 Å². The van der Waals surface area contributed by atoms with E-state index in [9.17, 15) is 5.48 Å². The van der Waals surface area contributed by atoms with Gasteiger partial charge in [-0.2, -0.15) is 0 Å². The molecule has 0 atom stereocenters. The van der Waals surface area contributed by atoms with Crippen LogP contribution in [0.2, 0.25) is 0 Å². The van der Waals surface area contributed by atoms with Crippen LogP contribution in [0.3, 0.4) is 0 Å². The average molecular weight is 1220 g/mol. The van der Waals surface area contributed by atoms with E-state index in [0.29, 0.717) is 0 Å². The van der Waals surface area contributed by atoms with Crippen molar-refractivity contribution in [3.63, 3.8) is 0 Å². The van der Waals surface area contributed by atoms with Crippen LogP contribution in [0.4, 0.5) is 34.1 Å². The van der Waals surface area contributed by atoms with E-state index in [1.165, 1.54) is 99.9 Å². The number of benzene rings is 11. The van der Waals surface area contributed by atoms with Gasteiger partial charge in [0.05, 0.1) is 6.85 Å². The molecule has 0 unspecified atom stereocenters. The van der Waals surface area contributed by atoms with Crippen LogP contribution < -0.4 is 42.6 Å². The maximum absolute atomic E-state index is 9.98. The normalized spacial score (nSPS) is 19.4. The van der Waals surface area contributed by atoms with Gasteiger partial charge in [-0.25, -0.2) is 0 Å². The van der Waals surface area contributed by atoms with E-state index in [-0.39, 0.29) is 68.8 Å². The van der Waals surface area contributed by atoms with E-state index in [1.54, 1.807) is 0 Å². The Labute approximate surface area is 567 Å². The topological polar surface area (TPSA) is 6.48 Å². The standard InChI is InChI=1S/C90H86B2N2/c1-83(2)60-35-23-25-37-62(60)85(5,6)70-49-58(43-45-68(70)83)93-78-53-74-72(87(9,10)64-39-27-29-41-66(64)89(74,13)14)51-76(78)92-77-52-73-75(90(15,16)67-42-30-28-40-65(67)88(73,11)12)54-79(77)94(59-44-46-69-71(50-59)86(7,8)63-38-26-24-36-61(63)84(69,3)4)81-48-57(47-80(93)82(81)92)91(55-31-19-17-20-32-55)56-33-21-18-22-34-56/h17-54H,1-16H3/i17D,19D,20D,31D,32D. The zero-order valence-electron chi connectivity index (χ0n) is 62.6. The Kier molecular flexibility index (Phi) is 11.0. The van der Waals surface area contributed by atoms with Gasteiger partial charge in [0, 0.05) is 77.4 Å². The number of anilines is 6. The number of nitrogens with zero attached hydrogens (tertiary/aromatic N) is 2. The van der Waals surface area contributed by atoms with Gasteiger partial charge in [-0.15, -0.1) is 0 Å². The summed E-state index contributed by atoms with van der Waals surface area (Å²) in [7, 11) is 0. The first-order chi connectivity index (χ1) is 46.8. The zero-order valence-corrected chi connectivity index (χ0v) is 57.6. The van der Waals surface area contributed by atoms with Crippen LogP contribution in [0.25, 0.3) is 0 Å². The molecule has 0 saturated heterocycles. The minimum atomic E-state index is -0.814. The molecule has 0 amide bonds. The Bertz CT molecular complexity index is 5080. The fourth-order valence-corrected chi connectivity index (χ4v) is 19.4. The molecule has 4 heteroatoms. The molecule has 11 aromatic rings. The van der Waals surface area contributed by atoms with Crippen LogP contribution in [-0.2, 0) is 43.3 Å². The summed E-state index contributed by atoms with van der Waals surface area (Å²) < 4.78 is 47.7. The lowest BCUT2D eigenvalue weighted by Crippen LogP contribution is -2.63. The monoisotopic (exact) mass is 1220 g/mol. The fourth-order valence-electron chi connectivity index (χ4n) is 19.4. The van der Waals surface area contributed by atoms with E-state index in [1.807, 2.05) is 18.2 Å². The summed E-state index contributed by atoms with van der Waals surface area (Å²) in [6.07, 6.45) is 0. The van der Waals surface area contributed by atoms with E-state index in [4.69, 9.17) is 1.37 Å². The number of hydrogen-bond acceptors (Lipinski definition) is 2. The van der Waals surface area contributed by atoms with Gasteiger partial charge in [-0.1, -0.05) is 309 Å². The first-order valence-electron chi connectivity index (χ1n) is 36.7. The molecule has 11 aromatic carbocycles. The van der Waals surface area contributed by atoms with Crippen molar-refractivity contribution in [2.45, 2.75) is 154 Å². The molecular weight excluding hydrogens is 1130 g/mol. The van der Waals surface area contributed by atoms with Crippen LogP contribution in [0.5, 0.6) is 0 Å². The Morgan fingerprint density at radius 3 is 0.894 bits per heavy atom. The molecule has 462 valence electrons. The summed E-state index contributed by atoms with van der Waals surface area (Å²) in [6.45, 7) is 37.3. The molecular formula is C90H86B2N2. The molecule has 2 nitrogen and oxygen atoms in total. The van der Waals surface area contributed by atoms with Crippen LogP contribution in [0.1, 0.15) is 207 Å². The number of hydrogen-bond donors (Lipinski definition) is 0. The van der Waals surface area contributed by atoms with Crippen LogP contribution in [0, 0.1) is 0 Å². The summed E-state index contributed by atoms with van der Waals surface area (Å²) in [4.78, 5) is 5.18. The molecule has 0 spiro atoms. The van der Waals surface area contributed by atoms with Crippen LogP contribution in [-0.4, -0.2) is 13.4 Å². The van der Waals surface area contributed by atoms with Gasteiger partial charge in [0.15, 0.2) is 0 Å². The fraction of sp³-hybridized carbons (Fsp3) is 0.267. The lowest BCUT2D eigenvalue weighted by atomic mass is 9.31. The third-order valence-corrected chi connectivity index (χ3v) is 24.6. The highest BCUT2D eigenvalue weighted by atomic mass is 15.2. The summed E-state index contributed by atoms with van der Waals surface area (Å²) in [5.74, 6) is 0. The van der Waals surface area contributed by atoms with Gasteiger partial charge in [0.1, 0.15) is 0 Å². The maximum Gasteiger partial charge on any atom is 0.252 e. The second kappa shape index (κ2) is 19.4. The lowest BCUT2D eigenvalue weighted by Gasteiger charge is -2.50. The van der Waals surface area contributed by atoms with E-state index in [2.05, 4.69) is 303 Å². The predicted octanol–water partition coefficient (Wildman–Crippen LogP) is 18.1. The van der Waals surface area contributed by atoms with Crippen molar-refractivity contribution < 1.29 is 6.85 Å². The summed E-state index contributed by atoms with van der Waals surface area (Å²) in [5.41, 5.74) is 29.8. The van der Waals surface area contributed by atoms with Crippen molar-refractivity contribution in [2.24, 2.45) is 0 Å². The van der Waals surface area contributed by atoms with Crippen molar-refractivity contribution >= 4 is 80.3 Å². The SMILES string of the molecule is [2H]c1c([2H])c([2H])c(B(c2ccccc2)c2cc3c4c(c2)N(c2ccc5c(c2)C(C)(C)c2ccccc2C5(C)C)c2cc5c(cc2B4c2cc4c(cc2N3c2ccc3c(c2)C(C)(C)c2ccccc2C3(C)C)C(C)(C)c2ccccc2C4(C)C)C(C)(C)c2ccccc2C5(C)C)c([2H])c1[2H]. The third-order valence-electron chi connectivity index (χ3n) is 24.6. The van der Waals surface area contributed by atoms with Crippen molar-refractivity contribution in [3.8, 4) is 0 Å². The zero-order chi connectivity index (χ0) is 69.7. The average Bonchev–Trinajstić information content (AvgIpc) is 0.657. The third kappa shape index (κ3) is 7.75. The largest absolute Gasteiger partial charge is 0.311 e. The van der Waals surface area contributed by atoms with Crippen molar-refractivity contribution in [1.82, 2.24) is 0 Å². The minimum Gasteiger partial charge on any atom is -0.311 e. The van der Waals surface area contributed by atoms with Crippen molar-refractivity contribution in [3.05, 3.63) is 319 Å². The molecule has 0 saturated carbocycles. The second-order valence-corrected chi connectivity index (χ2v) is 32.5. The van der Waals surface area contributed by atoms with Gasteiger partial charge in [-0.3, -0.25) is 0 Å². The van der Waals surface area contributed by atoms with Gasteiger partial charge < -0.3 is 9.80 Å². The van der Waals surface area contributed by atoms with E-state index < -0.39 is 23.6 Å². The molecule has 2 aliphatic heterocycles. The lowest BCUT2D eigenvalue weighted by molar-refractivity contribution is 0.520. The highest BCUT2D eigenvalue weighted by Crippen LogP contribution is 2.58. The second-order valence-electron chi connectivity index (χ2n) is 32.5. The first-order valence-corrected chi connectivity index (χ1v) is 34.2. The number of fused-ring (bicyclic) bond motifs is 12. The molecule has 0 N–H and O–H groups in total. The molecule has 4 aliphatic carbocycles. The van der Waals surface area contributed by atoms with Gasteiger partial charge in [-0.05, 0) is 154 Å². The molecule has 6 aliphatic rings. The first kappa shape index (κ1) is 53.5. The molecule has 0 bridgehead atoms.